The molecule has 1 atom stereocenters. The van der Waals surface area contributed by atoms with Gasteiger partial charge in [0.05, 0.1) is 19.8 Å². The topological polar surface area (TPSA) is 35.5 Å². The zero-order chi connectivity index (χ0) is 25.9. The van der Waals surface area contributed by atoms with E-state index in [2.05, 4.69) is 70.2 Å². The molecule has 0 spiro atoms. The Kier molecular flexibility index (Phi) is 7.40. The van der Waals surface area contributed by atoms with Crippen LogP contribution in [0.15, 0.2) is 72.8 Å². The predicted octanol–water partition coefficient (Wildman–Crippen LogP) is 7.87. The Morgan fingerprint density at radius 3 is 2.11 bits per heavy atom. The van der Waals surface area contributed by atoms with Crippen LogP contribution in [0.3, 0.4) is 0 Å². The largest absolute Gasteiger partial charge is 0.497 e. The van der Waals surface area contributed by atoms with Crippen molar-refractivity contribution in [2.75, 3.05) is 14.2 Å². The normalized spacial score (nSPS) is 16.8. The lowest BCUT2D eigenvalue weighted by atomic mass is 9.62. The number of benzene rings is 3. The molecular weight excluding hydrogens is 444 g/mol. The maximum Gasteiger partial charge on any atom is 0.337 e. The van der Waals surface area contributed by atoms with Crippen molar-refractivity contribution in [2.45, 2.75) is 63.7 Å². The molecule has 0 N–H and O–H groups in total. The van der Waals surface area contributed by atoms with Gasteiger partial charge in [0.1, 0.15) is 5.75 Å². The van der Waals surface area contributed by atoms with E-state index in [-0.39, 0.29) is 22.7 Å². The van der Waals surface area contributed by atoms with Crippen LogP contribution in [0.4, 0.5) is 0 Å². The Balaban J connectivity index is 1.70. The Labute approximate surface area is 216 Å². The third-order valence-corrected chi connectivity index (χ3v) is 7.77. The summed E-state index contributed by atoms with van der Waals surface area (Å²) in [4.78, 5) is 11.8. The first-order chi connectivity index (χ1) is 17.1. The van der Waals surface area contributed by atoms with Crippen molar-refractivity contribution >= 4 is 12.0 Å². The van der Waals surface area contributed by atoms with Crippen molar-refractivity contribution in [1.82, 2.24) is 0 Å². The number of carbonyl (C=O) groups excluding carboxylic acids is 1. The average molecular weight is 483 g/mol. The van der Waals surface area contributed by atoms with Gasteiger partial charge in [-0.1, -0.05) is 82.3 Å². The molecule has 0 fully saturated rings. The van der Waals surface area contributed by atoms with Crippen LogP contribution in [0.25, 0.3) is 6.08 Å². The van der Waals surface area contributed by atoms with Crippen molar-refractivity contribution in [3.63, 3.8) is 0 Å². The van der Waals surface area contributed by atoms with Gasteiger partial charge in [0.25, 0.3) is 0 Å². The summed E-state index contributed by atoms with van der Waals surface area (Å²) in [5.41, 5.74) is 7.54. The predicted molar refractivity (Wildman–Crippen MR) is 148 cm³/mol. The second kappa shape index (κ2) is 10.3. The van der Waals surface area contributed by atoms with Crippen LogP contribution in [0.1, 0.15) is 84.6 Å². The minimum atomic E-state index is -0.317. The number of fused-ring (bicyclic) bond motifs is 1. The summed E-state index contributed by atoms with van der Waals surface area (Å²) in [5.74, 6) is 0.765. The summed E-state index contributed by atoms with van der Waals surface area (Å²) in [6.45, 7) is 9.49. The van der Waals surface area contributed by atoms with Gasteiger partial charge in [-0.15, -0.1) is 0 Å². The summed E-state index contributed by atoms with van der Waals surface area (Å²) in [6.07, 6.45) is 7.75. The van der Waals surface area contributed by atoms with E-state index in [0.29, 0.717) is 5.56 Å². The van der Waals surface area contributed by atoms with Gasteiger partial charge in [-0.05, 0) is 82.2 Å². The number of hydrogen-bond donors (Lipinski definition) is 0. The number of esters is 1. The van der Waals surface area contributed by atoms with E-state index in [4.69, 9.17) is 9.47 Å². The molecule has 1 aliphatic rings. The van der Waals surface area contributed by atoms with Crippen LogP contribution < -0.4 is 4.74 Å². The first-order valence-electron chi connectivity index (χ1n) is 12.8. The van der Waals surface area contributed by atoms with Crippen molar-refractivity contribution in [2.24, 2.45) is 0 Å². The molecule has 3 heteroatoms. The average Bonchev–Trinajstić information content (AvgIpc) is 2.89. The molecule has 4 rings (SSSR count). The summed E-state index contributed by atoms with van der Waals surface area (Å²) in [5, 5.41) is 0. The fourth-order valence-corrected chi connectivity index (χ4v) is 5.22. The Morgan fingerprint density at radius 1 is 0.861 bits per heavy atom. The molecule has 0 saturated carbocycles. The molecule has 0 aromatic heterocycles. The molecule has 0 heterocycles. The van der Waals surface area contributed by atoms with Crippen molar-refractivity contribution in [3.8, 4) is 5.75 Å². The molecule has 36 heavy (non-hydrogen) atoms. The van der Waals surface area contributed by atoms with Crippen LogP contribution in [0.2, 0.25) is 0 Å². The molecule has 3 nitrogen and oxygen atoms in total. The number of ether oxygens (including phenoxy) is 2. The highest BCUT2D eigenvalue weighted by atomic mass is 16.5. The van der Waals surface area contributed by atoms with E-state index in [9.17, 15) is 4.79 Å². The minimum absolute atomic E-state index is 0.166. The van der Waals surface area contributed by atoms with E-state index in [1.165, 1.54) is 42.2 Å². The summed E-state index contributed by atoms with van der Waals surface area (Å²) in [6, 6.07) is 23.0. The highest BCUT2D eigenvalue weighted by Crippen LogP contribution is 2.46. The second-order valence-electron chi connectivity index (χ2n) is 11.2. The van der Waals surface area contributed by atoms with Crippen molar-refractivity contribution in [3.05, 3.63) is 106 Å². The molecular formula is C33H38O3. The van der Waals surface area contributed by atoms with Gasteiger partial charge in [0, 0.05) is 5.92 Å². The molecule has 0 bridgehead atoms. The summed E-state index contributed by atoms with van der Waals surface area (Å²) < 4.78 is 10.2. The maximum atomic E-state index is 11.8. The monoisotopic (exact) mass is 482 g/mol. The van der Waals surface area contributed by atoms with Gasteiger partial charge >= 0.3 is 5.97 Å². The summed E-state index contributed by atoms with van der Waals surface area (Å²) in [7, 11) is 3.10. The zero-order valence-corrected chi connectivity index (χ0v) is 22.4. The molecule has 188 valence electrons. The highest BCUT2D eigenvalue weighted by Gasteiger charge is 2.37. The van der Waals surface area contributed by atoms with E-state index in [0.717, 1.165) is 17.7 Å². The molecule has 3 aromatic carbocycles. The number of hydrogen-bond acceptors (Lipinski definition) is 3. The number of rotatable bonds is 7. The fraction of sp³-hybridized carbons (Fsp3) is 0.364. The molecule has 1 unspecified atom stereocenters. The van der Waals surface area contributed by atoms with Gasteiger partial charge in [0.2, 0.25) is 0 Å². The standard InChI is InChI=1S/C33H38O3/c1-32(2)19-20-33(3,4)30-22-27(15-18-29(30)32)26(21-24-10-16-28(35-5)17-11-24)14-9-23-7-12-25(13-8-23)31(34)36-6/h7-18,22,26H,19-21H2,1-6H3/b14-9+. The third-order valence-electron chi connectivity index (χ3n) is 7.77. The lowest BCUT2D eigenvalue weighted by Crippen LogP contribution is -2.34. The van der Waals surface area contributed by atoms with E-state index in [1.807, 2.05) is 36.4 Å². The van der Waals surface area contributed by atoms with Crippen molar-refractivity contribution < 1.29 is 14.3 Å². The Morgan fingerprint density at radius 2 is 1.50 bits per heavy atom. The molecule has 3 aromatic rings. The van der Waals surface area contributed by atoms with Crippen LogP contribution in [-0.2, 0) is 22.0 Å². The molecule has 0 radical (unpaired) electrons. The maximum absolute atomic E-state index is 11.8. The van der Waals surface area contributed by atoms with E-state index >= 15 is 0 Å². The van der Waals surface area contributed by atoms with Crippen LogP contribution in [0.5, 0.6) is 5.75 Å². The van der Waals surface area contributed by atoms with Crippen molar-refractivity contribution in [1.29, 1.82) is 0 Å². The first-order valence-corrected chi connectivity index (χ1v) is 12.8. The zero-order valence-electron chi connectivity index (χ0n) is 22.4. The molecule has 0 saturated heterocycles. The van der Waals surface area contributed by atoms with Crippen LogP contribution in [0, 0.1) is 0 Å². The van der Waals surface area contributed by atoms with E-state index < -0.39 is 0 Å². The Hall–Kier alpha value is -3.33. The third kappa shape index (κ3) is 5.56. The fourth-order valence-electron chi connectivity index (χ4n) is 5.22. The van der Waals surface area contributed by atoms with E-state index in [1.54, 1.807) is 7.11 Å². The highest BCUT2D eigenvalue weighted by molar-refractivity contribution is 5.89. The van der Waals surface area contributed by atoms with Gasteiger partial charge in [0.15, 0.2) is 0 Å². The Bertz CT molecular complexity index is 1230. The van der Waals surface area contributed by atoms with Crippen LogP contribution >= 0.6 is 0 Å². The quantitative estimate of drug-likeness (QED) is 0.321. The number of carbonyl (C=O) groups is 1. The molecule has 0 aliphatic heterocycles. The smallest absolute Gasteiger partial charge is 0.337 e. The lowest BCUT2D eigenvalue weighted by Gasteiger charge is -2.42. The van der Waals surface area contributed by atoms with Gasteiger partial charge < -0.3 is 9.47 Å². The van der Waals surface area contributed by atoms with Gasteiger partial charge in [-0.2, -0.15) is 0 Å². The van der Waals surface area contributed by atoms with Gasteiger partial charge in [-0.3, -0.25) is 0 Å². The lowest BCUT2D eigenvalue weighted by molar-refractivity contribution is 0.0600. The summed E-state index contributed by atoms with van der Waals surface area (Å²) >= 11 is 0. The minimum Gasteiger partial charge on any atom is -0.497 e. The van der Waals surface area contributed by atoms with Crippen LogP contribution in [-0.4, -0.2) is 20.2 Å². The molecule has 1 aliphatic carbocycles. The number of allylic oxidation sites excluding steroid dienone is 1. The second-order valence-corrected chi connectivity index (χ2v) is 11.2. The SMILES string of the molecule is COC(=O)c1ccc(/C=C/C(Cc2ccc(OC)cc2)c2ccc3c(c2)C(C)(C)CCC3(C)C)cc1. The first kappa shape index (κ1) is 25.8. The van der Waals surface area contributed by atoms with Gasteiger partial charge in [-0.25, -0.2) is 4.79 Å². The molecule has 0 amide bonds. The number of methoxy groups -OCH3 is 2.